The number of carbonyl (C=O) groups is 1. The molecule has 0 fully saturated rings. The molecule has 0 amide bonds. The minimum absolute atomic E-state index is 0.216. The van der Waals surface area contributed by atoms with Crippen molar-refractivity contribution in [3.05, 3.63) is 21.9 Å². The summed E-state index contributed by atoms with van der Waals surface area (Å²) in [7, 11) is 0. The number of aliphatic hydroxyl groups excluding tert-OH is 1. The number of rotatable bonds is 7. The number of hydrogen-bond donors (Lipinski definition) is 3. The van der Waals surface area contributed by atoms with E-state index in [1.54, 1.807) is 6.07 Å². The van der Waals surface area contributed by atoms with E-state index in [-0.39, 0.29) is 6.61 Å². The van der Waals surface area contributed by atoms with Crippen LogP contribution in [-0.4, -0.2) is 28.8 Å². The fourth-order valence-electron chi connectivity index (χ4n) is 1.36. The summed E-state index contributed by atoms with van der Waals surface area (Å²) in [4.78, 5) is 12.1. The summed E-state index contributed by atoms with van der Waals surface area (Å²) in [6.45, 7) is 2.96. The van der Waals surface area contributed by atoms with Gasteiger partial charge in [0.2, 0.25) is 0 Å². The van der Waals surface area contributed by atoms with Crippen LogP contribution in [0, 0.1) is 0 Å². The standard InChI is InChI=1S/C11H17NO3S/c1-8(3-2-6-13)12-7-9-4-5-10(16-9)11(14)15/h4-5,8,12-13H,2-3,6-7H2,1H3,(H,14,15). The van der Waals surface area contributed by atoms with Gasteiger partial charge < -0.3 is 15.5 Å². The van der Waals surface area contributed by atoms with Gasteiger partial charge in [-0.2, -0.15) is 0 Å². The topological polar surface area (TPSA) is 69.6 Å². The van der Waals surface area contributed by atoms with Crippen LogP contribution in [0.5, 0.6) is 0 Å². The van der Waals surface area contributed by atoms with Crippen LogP contribution in [0.25, 0.3) is 0 Å². The summed E-state index contributed by atoms with van der Waals surface area (Å²) in [6, 6.07) is 3.80. The van der Waals surface area contributed by atoms with Crippen molar-refractivity contribution in [1.82, 2.24) is 5.32 Å². The van der Waals surface area contributed by atoms with Gasteiger partial charge in [-0.15, -0.1) is 11.3 Å². The molecule has 1 aromatic heterocycles. The van der Waals surface area contributed by atoms with Crippen molar-refractivity contribution >= 4 is 17.3 Å². The Balaban J connectivity index is 2.33. The molecule has 1 heterocycles. The molecule has 0 bridgehead atoms. The third kappa shape index (κ3) is 4.30. The largest absolute Gasteiger partial charge is 0.477 e. The van der Waals surface area contributed by atoms with E-state index in [9.17, 15) is 4.79 Å². The highest BCUT2D eigenvalue weighted by molar-refractivity contribution is 7.13. The first-order valence-corrected chi connectivity index (χ1v) is 6.11. The molecule has 0 aliphatic carbocycles. The highest BCUT2D eigenvalue weighted by Crippen LogP contribution is 2.16. The number of nitrogens with one attached hydrogen (secondary N) is 1. The zero-order valence-corrected chi connectivity index (χ0v) is 10.1. The van der Waals surface area contributed by atoms with Gasteiger partial charge in [0.15, 0.2) is 0 Å². The Morgan fingerprint density at radius 2 is 2.31 bits per heavy atom. The van der Waals surface area contributed by atoms with E-state index in [2.05, 4.69) is 12.2 Å². The number of hydrogen-bond acceptors (Lipinski definition) is 4. The molecule has 3 N–H and O–H groups in total. The summed E-state index contributed by atoms with van der Waals surface area (Å²) in [5.74, 6) is -0.871. The van der Waals surface area contributed by atoms with Crippen molar-refractivity contribution in [3.63, 3.8) is 0 Å². The fourth-order valence-corrected chi connectivity index (χ4v) is 2.16. The Labute approximate surface area is 98.9 Å². The lowest BCUT2D eigenvalue weighted by atomic mass is 10.2. The molecule has 0 aliphatic rings. The molecule has 5 heteroatoms. The second kappa shape index (κ2) is 6.62. The molecule has 0 aliphatic heterocycles. The number of carboxylic acid groups (broad SMARTS) is 1. The first kappa shape index (κ1) is 13.2. The van der Waals surface area contributed by atoms with Gasteiger partial charge in [0.25, 0.3) is 0 Å². The molecule has 0 spiro atoms. The van der Waals surface area contributed by atoms with Gasteiger partial charge in [-0.1, -0.05) is 0 Å². The van der Waals surface area contributed by atoms with Crippen LogP contribution in [0.2, 0.25) is 0 Å². The van der Waals surface area contributed by atoms with Crippen molar-refractivity contribution in [2.24, 2.45) is 0 Å². The smallest absolute Gasteiger partial charge is 0.345 e. The molecule has 1 aromatic rings. The lowest BCUT2D eigenvalue weighted by Crippen LogP contribution is -2.25. The fraction of sp³-hybridized carbons (Fsp3) is 0.545. The van der Waals surface area contributed by atoms with Crippen molar-refractivity contribution in [2.75, 3.05) is 6.61 Å². The molecule has 90 valence electrons. The molecule has 1 unspecified atom stereocenters. The third-order valence-corrected chi connectivity index (χ3v) is 3.37. The SMILES string of the molecule is CC(CCCO)NCc1ccc(C(=O)O)s1. The van der Waals surface area contributed by atoms with Crippen molar-refractivity contribution in [3.8, 4) is 0 Å². The third-order valence-electron chi connectivity index (χ3n) is 2.29. The molecular weight excluding hydrogens is 226 g/mol. The Morgan fingerprint density at radius 1 is 1.56 bits per heavy atom. The van der Waals surface area contributed by atoms with E-state index in [1.807, 2.05) is 6.07 Å². The number of thiophene rings is 1. The molecule has 0 radical (unpaired) electrons. The van der Waals surface area contributed by atoms with Gasteiger partial charge in [0, 0.05) is 24.1 Å². The van der Waals surface area contributed by atoms with E-state index >= 15 is 0 Å². The lowest BCUT2D eigenvalue weighted by Gasteiger charge is -2.11. The summed E-state index contributed by atoms with van der Waals surface area (Å²) in [5, 5.41) is 20.7. The van der Waals surface area contributed by atoms with E-state index < -0.39 is 5.97 Å². The van der Waals surface area contributed by atoms with E-state index in [1.165, 1.54) is 11.3 Å². The quantitative estimate of drug-likeness (QED) is 0.681. The maximum atomic E-state index is 10.7. The molecular formula is C11H17NO3S. The Bertz CT molecular complexity index is 338. The zero-order valence-electron chi connectivity index (χ0n) is 9.27. The first-order valence-electron chi connectivity index (χ1n) is 5.29. The summed E-state index contributed by atoms with van der Waals surface area (Å²) in [6.07, 6.45) is 1.71. The molecule has 1 atom stereocenters. The summed E-state index contributed by atoms with van der Waals surface area (Å²) >= 11 is 1.30. The van der Waals surface area contributed by atoms with E-state index in [0.29, 0.717) is 17.5 Å². The van der Waals surface area contributed by atoms with Crippen LogP contribution in [-0.2, 0) is 6.54 Å². The van der Waals surface area contributed by atoms with Gasteiger partial charge in [-0.05, 0) is 31.9 Å². The molecule has 0 saturated carbocycles. The number of aromatic carboxylic acids is 1. The van der Waals surface area contributed by atoms with Crippen LogP contribution >= 0.6 is 11.3 Å². The average Bonchev–Trinajstić information content (AvgIpc) is 2.72. The maximum absolute atomic E-state index is 10.7. The van der Waals surface area contributed by atoms with Crippen LogP contribution in [0.4, 0.5) is 0 Å². The first-order chi connectivity index (χ1) is 7.63. The maximum Gasteiger partial charge on any atom is 0.345 e. The minimum atomic E-state index is -0.871. The normalized spacial score (nSPS) is 12.6. The highest BCUT2D eigenvalue weighted by Gasteiger charge is 2.07. The van der Waals surface area contributed by atoms with Gasteiger partial charge in [-0.3, -0.25) is 0 Å². The van der Waals surface area contributed by atoms with Crippen LogP contribution in [0.15, 0.2) is 12.1 Å². The summed E-state index contributed by atoms with van der Waals surface area (Å²) < 4.78 is 0. The highest BCUT2D eigenvalue weighted by atomic mass is 32.1. The predicted octanol–water partition coefficient (Wildman–Crippen LogP) is 1.70. The lowest BCUT2D eigenvalue weighted by molar-refractivity contribution is 0.0702. The molecule has 16 heavy (non-hydrogen) atoms. The second-order valence-electron chi connectivity index (χ2n) is 3.72. The van der Waals surface area contributed by atoms with Crippen molar-refractivity contribution in [2.45, 2.75) is 32.4 Å². The monoisotopic (exact) mass is 243 g/mol. The average molecular weight is 243 g/mol. The van der Waals surface area contributed by atoms with Crippen molar-refractivity contribution < 1.29 is 15.0 Å². The zero-order chi connectivity index (χ0) is 12.0. The predicted molar refractivity (Wildman–Crippen MR) is 63.9 cm³/mol. The molecule has 1 rings (SSSR count). The minimum Gasteiger partial charge on any atom is -0.477 e. The van der Waals surface area contributed by atoms with E-state index in [0.717, 1.165) is 17.7 Å². The van der Waals surface area contributed by atoms with Crippen LogP contribution < -0.4 is 5.32 Å². The summed E-state index contributed by atoms with van der Waals surface area (Å²) in [5.41, 5.74) is 0. The van der Waals surface area contributed by atoms with Gasteiger partial charge in [-0.25, -0.2) is 4.79 Å². The van der Waals surface area contributed by atoms with E-state index in [4.69, 9.17) is 10.2 Å². The Kier molecular flexibility index (Phi) is 5.45. The molecule has 0 aromatic carbocycles. The van der Waals surface area contributed by atoms with Crippen molar-refractivity contribution in [1.29, 1.82) is 0 Å². The Morgan fingerprint density at radius 3 is 2.88 bits per heavy atom. The number of aliphatic hydroxyl groups is 1. The second-order valence-corrected chi connectivity index (χ2v) is 4.89. The Hall–Kier alpha value is -0.910. The molecule has 4 nitrogen and oxygen atoms in total. The van der Waals surface area contributed by atoms with Gasteiger partial charge in [0.05, 0.1) is 0 Å². The van der Waals surface area contributed by atoms with Gasteiger partial charge in [0.1, 0.15) is 4.88 Å². The van der Waals surface area contributed by atoms with Crippen LogP contribution in [0.1, 0.15) is 34.3 Å². The number of carboxylic acids is 1. The van der Waals surface area contributed by atoms with Gasteiger partial charge >= 0.3 is 5.97 Å². The molecule has 0 saturated heterocycles. The van der Waals surface area contributed by atoms with Crippen LogP contribution in [0.3, 0.4) is 0 Å².